The van der Waals surface area contributed by atoms with Gasteiger partial charge in [-0.1, -0.05) is 92.3 Å². The number of benzene rings is 2. The summed E-state index contributed by atoms with van der Waals surface area (Å²) in [6, 6.07) is 17.4. The lowest BCUT2D eigenvalue weighted by Gasteiger charge is -2.42. The van der Waals surface area contributed by atoms with Gasteiger partial charge in [0.05, 0.1) is 0 Å². The largest absolute Gasteiger partial charge is 0.342 e. The maximum Gasteiger partial charge on any atom is 0.0376 e. The lowest BCUT2D eigenvalue weighted by atomic mass is 9.63. The van der Waals surface area contributed by atoms with Crippen molar-refractivity contribution in [2.24, 2.45) is 11.8 Å². The Bertz CT molecular complexity index is 1530. The number of nitrogens with zero attached hydrogens (tertiary/aromatic N) is 1. The topological polar surface area (TPSA) is 3.24 Å². The Hall–Kier alpha value is -3.06. The van der Waals surface area contributed by atoms with E-state index in [1.807, 2.05) is 0 Å². The van der Waals surface area contributed by atoms with Gasteiger partial charge in [0.1, 0.15) is 0 Å². The molecule has 8 rings (SSSR count). The molecule has 0 saturated heterocycles. The predicted octanol–water partition coefficient (Wildman–Crippen LogP) is 9.94. The van der Waals surface area contributed by atoms with E-state index in [2.05, 4.69) is 105 Å². The van der Waals surface area contributed by atoms with Crippen LogP contribution in [0.3, 0.4) is 0 Å². The van der Waals surface area contributed by atoms with Crippen molar-refractivity contribution in [2.45, 2.75) is 95.4 Å². The summed E-state index contributed by atoms with van der Waals surface area (Å²) in [6.07, 6.45) is 24.8. The molecule has 40 heavy (non-hydrogen) atoms. The molecule has 0 fully saturated rings. The van der Waals surface area contributed by atoms with E-state index in [1.54, 1.807) is 44.7 Å². The average molecular weight is 526 g/mol. The van der Waals surface area contributed by atoms with Crippen molar-refractivity contribution in [1.29, 1.82) is 0 Å². The van der Waals surface area contributed by atoms with Crippen molar-refractivity contribution in [3.63, 3.8) is 0 Å². The first-order valence-corrected chi connectivity index (χ1v) is 16.1. The SMILES string of the molecule is CC/C(=C\C1C(C)c2cccc3c2C12c1ccccc1C1CCC=C3C12)N(C1=CCCC=C1)C1CC=C(C)CC1. The minimum Gasteiger partial charge on any atom is -0.342 e. The zero-order valence-corrected chi connectivity index (χ0v) is 24.5. The summed E-state index contributed by atoms with van der Waals surface area (Å²) in [5.41, 5.74) is 14.4. The van der Waals surface area contributed by atoms with Crippen LogP contribution >= 0.6 is 0 Å². The van der Waals surface area contributed by atoms with Crippen molar-refractivity contribution >= 4 is 5.57 Å². The fraction of sp³-hybridized carbons (Fsp3) is 0.436. The second-order valence-corrected chi connectivity index (χ2v) is 13.3. The van der Waals surface area contributed by atoms with Crippen molar-refractivity contribution in [3.8, 4) is 0 Å². The molecule has 6 unspecified atom stereocenters. The van der Waals surface area contributed by atoms with Crippen LogP contribution in [0.25, 0.3) is 5.57 Å². The molecule has 0 saturated carbocycles. The quantitative estimate of drug-likeness (QED) is 0.351. The summed E-state index contributed by atoms with van der Waals surface area (Å²) < 4.78 is 0. The van der Waals surface area contributed by atoms with Crippen LogP contribution in [-0.2, 0) is 5.41 Å². The van der Waals surface area contributed by atoms with Crippen LogP contribution in [0.1, 0.15) is 112 Å². The molecule has 0 N–H and O–H groups in total. The fourth-order valence-corrected chi connectivity index (χ4v) is 9.98. The highest BCUT2D eigenvalue weighted by atomic mass is 15.2. The third kappa shape index (κ3) is 3.21. The highest BCUT2D eigenvalue weighted by Crippen LogP contribution is 2.74. The van der Waals surface area contributed by atoms with Gasteiger partial charge in [0, 0.05) is 28.8 Å². The summed E-state index contributed by atoms with van der Waals surface area (Å²) in [7, 11) is 0. The first-order valence-electron chi connectivity index (χ1n) is 16.1. The smallest absolute Gasteiger partial charge is 0.0376 e. The molecule has 0 aliphatic heterocycles. The first kappa shape index (κ1) is 24.7. The van der Waals surface area contributed by atoms with Gasteiger partial charge in [-0.3, -0.25) is 0 Å². The van der Waals surface area contributed by atoms with Crippen LogP contribution in [0.5, 0.6) is 0 Å². The molecule has 1 heteroatoms. The van der Waals surface area contributed by atoms with Crippen molar-refractivity contribution in [1.82, 2.24) is 4.90 Å². The van der Waals surface area contributed by atoms with Crippen LogP contribution in [0.15, 0.2) is 95.9 Å². The zero-order chi connectivity index (χ0) is 27.0. The van der Waals surface area contributed by atoms with E-state index in [9.17, 15) is 0 Å². The second kappa shape index (κ2) is 9.23. The Balaban J connectivity index is 1.34. The predicted molar refractivity (Wildman–Crippen MR) is 167 cm³/mol. The monoisotopic (exact) mass is 525 g/mol. The highest BCUT2D eigenvalue weighted by molar-refractivity contribution is 5.87. The van der Waals surface area contributed by atoms with E-state index in [-0.39, 0.29) is 5.41 Å². The third-order valence-corrected chi connectivity index (χ3v) is 11.5. The van der Waals surface area contributed by atoms with E-state index in [0.717, 1.165) is 19.3 Å². The molecule has 0 heterocycles. The van der Waals surface area contributed by atoms with Gasteiger partial charge in [0.2, 0.25) is 0 Å². The number of hydrogen-bond acceptors (Lipinski definition) is 1. The van der Waals surface area contributed by atoms with Gasteiger partial charge in [-0.05, 0) is 116 Å². The number of hydrogen-bond donors (Lipinski definition) is 0. The van der Waals surface area contributed by atoms with E-state index in [4.69, 9.17) is 0 Å². The number of fused-ring (bicyclic) bond motifs is 3. The second-order valence-electron chi connectivity index (χ2n) is 13.3. The molecule has 6 aliphatic rings. The number of allylic oxidation sites excluding steroid dienone is 8. The molecule has 2 aromatic rings. The lowest BCUT2D eigenvalue weighted by molar-refractivity contribution is 0.269. The zero-order valence-electron chi connectivity index (χ0n) is 24.5. The van der Waals surface area contributed by atoms with Gasteiger partial charge < -0.3 is 4.90 Å². The lowest BCUT2D eigenvalue weighted by Crippen LogP contribution is -2.39. The summed E-state index contributed by atoms with van der Waals surface area (Å²) in [5, 5.41) is 0. The molecule has 0 amide bonds. The molecule has 0 bridgehead atoms. The standard InChI is InChI=1S/C39H43N/c1-4-27(40(28-12-6-5-7-13-28)29-22-20-25(2)21-23-29)24-36-26(3)30-15-10-17-33-34-18-11-16-32-31-14-8-9-19-35(31)39(36,37(30)33)38(32)34/h6,8-10,12-15,17-20,24,26,29,32,36,38H,4-5,7,11,16,21-23H2,1-3H3/b27-24+. The van der Waals surface area contributed by atoms with Gasteiger partial charge in [0.15, 0.2) is 0 Å². The minimum absolute atomic E-state index is 0.0742. The third-order valence-electron chi connectivity index (χ3n) is 11.5. The van der Waals surface area contributed by atoms with Crippen molar-refractivity contribution in [2.75, 3.05) is 0 Å². The van der Waals surface area contributed by atoms with E-state index in [0.29, 0.717) is 29.7 Å². The summed E-state index contributed by atoms with van der Waals surface area (Å²) in [4.78, 5) is 2.79. The van der Waals surface area contributed by atoms with Gasteiger partial charge >= 0.3 is 0 Å². The molecular formula is C39H43N. The molecule has 6 aliphatic carbocycles. The van der Waals surface area contributed by atoms with Crippen LogP contribution in [-0.4, -0.2) is 10.9 Å². The summed E-state index contributed by atoms with van der Waals surface area (Å²) in [5.74, 6) is 2.21. The number of rotatable bonds is 5. The van der Waals surface area contributed by atoms with E-state index < -0.39 is 0 Å². The Morgan fingerprint density at radius 1 is 0.975 bits per heavy atom. The van der Waals surface area contributed by atoms with Gasteiger partial charge in [-0.15, -0.1) is 0 Å². The highest BCUT2D eigenvalue weighted by Gasteiger charge is 2.66. The average Bonchev–Trinajstić information content (AvgIpc) is 3.57. The molecular weight excluding hydrogens is 482 g/mol. The van der Waals surface area contributed by atoms with Crippen LogP contribution < -0.4 is 0 Å². The van der Waals surface area contributed by atoms with Crippen LogP contribution in [0.2, 0.25) is 0 Å². The molecule has 1 nitrogen and oxygen atoms in total. The molecule has 0 aromatic heterocycles. The van der Waals surface area contributed by atoms with Crippen LogP contribution in [0.4, 0.5) is 0 Å². The Labute approximate surface area is 241 Å². The minimum atomic E-state index is 0.0742. The Morgan fingerprint density at radius 2 is 1.85 bits per heavy atom. The normalized spacial score (nSPS) is 33.1. The Kier molecular flexibility index (Phi) is 5.70. The molecule has 6 atom stereocenters. The Morgan fingerprint density at radius 3 is 2.65 bits per heavy atom. The first-order chi connectivity index (χ1) is 19.6. The van der Waals surface area contributed by atoms with Gasteiger partial charge in [-0.2, -0.15) is 0 Å². The molecule has 0 radical (unpaired) electrons. The maximum absolute atomic E-state index is 2.81. The summed E-state index contributed by atoms with van der Waals surface area (Å²) in [6.45, 7) is 7.25. The van der Waals surface area contributed by atoms with E-state index >= 15 is 0 Å². The fourth-order valence-electron chi connectivity index (χ4n) is 9.98. The molecule has 204 valence electrons. The van der Waals surface area contributed by atoms with Crippen LogP contribution in [0, 0.1) is 11.8 Å². The van der Waals surface area contributed by atoms with Crippen molar-refractivity contribution < 1.29 is 0 Å². The summed E-state index contributed by atoms with van der Waals surface area (Å²) >= 11 is 0. The van der Waals surface area contributed by atoms with Crippen molar-refractivity contribution in [3.05, 3.63) is 124 Å². The van der Waals surface area contributed by atoms with Gasteiger partial charge in [-0.25, -0.2) is 0 Å². The van der Waals surface area contributed by atoms with E-state index in [1.165, 1.54) is 37.8 Å². The maximum atomic E-state index is 2.81. The van der Waals surface area contributed by atoms with Gasteiger partial charge in [0.25, 0.3) is 0 Å². The molecule has 2 aromatic carbocycles. The molecule has 1 spiro atoms.